The van der Waals surface area contributed by atoms with E-state index in [1.807, 2.05) is 0 Å². The molecular formula is C16H18FN5O2. The first-order chi connectivity index (χ1) is 11.6. The molecule has 3 N–H and O–H groups in total. The molecule has 0 saturated carbocycles. The number of benzene rings is 1. The minimum atomic E-state index is -1.06. The Morgan fingerprint density at radius 1 is 1.42 bits per heavy atom. The van der Waals surface area contributed by atoms with Crippen molar-refractivity contribution in [3.05, 3.63) is 53.7 Å². The molecule has 1 aliphatic heterocycles. The molecule has 24 heavy (non-hydrogen) atoms. The number of nitrogens with one attached hydrogen (secondary N) is 2. The van der Waals surface area contributed by atoms with E-state index in [2.05, 4.69) is 20.8 Å². The Bertz CT molecular complexity index is 725. The summed E-state index contributed by atoms with van der Waals surface area (Å²) in [6.07, 6.45) is 2.63. The van der Waals surface area contributed by atoms with Crippen LogP contribution in [-0.4, -0.2) is 41.2 Å². The third kappa shape index (κ3) is 3.34. The summed E-state index contributed by atoms with van der Waals surface area (Å²) in [5, 5.41) is 9.26. The highest BCUT2D eigenvalue weighted by molar-refractivity contribution is 5.92. The number of hydrazine groups is 1. The van der Waals surface area contributed by atoms with Gasteiger partial charge in [0.2, 0.25) is 0 Å². The van der Waals surface area contributed by atoms with Crippen molar-refractivity contribution in [3.63, 3.8) is 0 Å². The van der Waals surface area contributed by atoms with E-state index < -0.39 is 5.97 Å². The summed E-state index contributed by atoms with van der Waals surface area (Å²) < 4.78 is 13.1. The number of nitrogens with zero attached hydrogens (tertiary/aromatic N) is 3. The predicted octanol–water partition coefficient (Wildman–Crippen LogP) is 1.22. The second kappa shape index (κ2) is 6.90. The number of hydrogen-bond donors (Lipinski definition) is 3. The zero-order valence-electron chi connectivity index (χ0n) is 13.1. The van der Waals surface area contributed by atoms with Gasteiger partial charge in [0.1, 0.15) is 23.5 Å². The quantitative estimate of drug-likeness (QED) is 0.759. The van der Waals surface area contributed by atoms with Crippen LogP contribution in [-0.2, 0) is 0 Å². The van der Waals surface area contributed by atoms with Gasteiger partial charge in [0.25, 0.3) is 0 Å². The van der Waals surface area contributed by atoms with Crippen molar-refractivity contribution < 1.29 is 14.3 Å². The normalized spacial score (nSPS) is 20.1. The van der Waals surface area contributed by atoms with E-state index in [1.54, 1.807) is 24.1 Å². The maximum absolute atomic E-state index is 13.1. The molecule has 126 valence electrons. The molecule has 1 aromatic heterocycles. The number of anilines is 1. The van der Waals surface area contributed by atoms with E-state index in [0.717, 1.165) is 5.56 Å². The first-order valence-electron chi connectivity index (χ1n) is 7.54. The van der Waals surface area contributed by atoms with Crippen LogP contribution in [0.2, 0.25) is 0 Å². The van der Waals surface area contributed by atoms with Crippen LogP contribution in [0.15, 0.2) is 36.8 Å². The Morgan fingerprint density at radius 3 is 2.88 bits per heavy atom. The minimum absolute atomic E-state index is 0.00293. The van der Waals surface area contributed by atoms with E-state index >= 15 is 0 Å². The molecule has 8 heteroatoms. The summed E-state index contributed by atoms with van der Waals surface area (Å²) in [6.45, 7) is 1.29. The number of hydrogen-bond acceptors (Lipinski definition) is 6. The highest BCUT2D eigenvalue weighted by Gasteiger charge is 2.30. The molecule has 1 saturated heterocycles. The molecule has 1 fully saturated rings. The number of carbonyl (C=O) groups is 1. The summed E-state index contributed by atoms with van der Waals surface area (Å²) in [5.41, 5.74) is 7.34. The minimum Gasteiger partial charge on any atom is -0.477 e. The van der Waals surface area contributed by atoms with E-state index in [9.17, 15) is 14.3 Å². The predicted molar refractivity (Wildman–Crippen MR) is 86.0 cm³/mol. The monoisotopic (exact) mass is 331 g/mol. The average Bonchev–Trinajstić information content (AvgIpc) is 3.03. The lowest BCUT2D eigenvalue weighted by Crippen LogP contribution is -2.32. The molecule has 0 spiro atoms. The molecule has 2 unspecified atom stereocenters. The van der Waals surface area contributed by atoms with Crippen LogP contribution in [0.1, 0.15) is 22.0 Å². The van der Waals surface area contributed by atoms with E-state index in [0.29, 0.717) is 18.9 Å². The smallest absolute Gasteiger partial charge is 0.341 e. The van der Waals surface area contributed by atoms with Crippen molar-refractivity contribution in [2.75, 3.05) is 25.0 Å². The Balaban J connectivity index is 1.77. The van der Waals surface area contributed by atoms with Crippen LogP contribution >= 0.6 is 0 Å². The molecule has 1 aromatic carbocycles. The maximum Gasteiger partial charge on any atom is 0.341 e. The second-order valence-corrected chi connectivity index (χ2v) is 5.76. The lowest BCUT2D eigenvalue weighted by atomic mass is 9.94. The van der Waals surface area contributed by atoms with Crippen LogP contribution < -0.4 is 15.8 Å². The number of halogens is 1. The molecule has 7 nitrogen and oxygen atoms in total. The summed E-state index contributed by atoms with van der Waals surface area (Å²) in [6, 6.07) is 6.37. The average molecular weight is 331 g/mol. The Hall–Kier alpha value is -2.58. The number of carboxylic acid groups (broad SMARTS) is 1. The van der Waals surface area contributed by atoms with Gasteiger partial charge in [0.15, 0.2) is 0 Å². The number of aromatic carboxylic acids is 1. The van der Waals surface area contributed by atoms with Gasteiger partial charge in [0.05, 0.1) is 6.04 Å². The lowest BCUT2D eigenvalue weighted by Gasteiger charge is -2.26. The lowest BCUT2D eigenvalue weighted by molar-refractivity contribution is 0.0696. The van der Waals surface area contributed by atoms with Gasteiger partial charge < -0.3 is 10.0 Å². The summed E-state index contributed by atoms with van der Waals surface area (Å²) >= 11 is 0. The molecule has 0 bridgehead atoms. The van der Waals surface area contributed by atoms with Crippen molar-refractivity contribution >= 4 is 11.8 Å². The molecule has 0 amide bonds. The second-order valence-electron chi connectivity index (χ2n) is 5.76. The molecule has 3 rings (SSSR count). The molecule has 0 radical (unpaired) electrons. The molecule has 2 atom stereocenters. The van der Waals surface area contributed by atoms with Gasteiger partial charge in [-0.2, -0.15) is 0 Å². The molecule has 2 heterocycles. The van der Waals surface area contributed by atoms with Crippen LogP contribution in [0.5, 0.6) is 0 Å². The van der Waals surface area contributed by atoms with E-state index in [-0.39, 0.29) is 23.3 Å². The molecular weight excluding hydrogens is 313 g/mol. The first kappa shape index (κ1) is 16.3. The van der Waals surface area contributed by atoms with Gasteiger partial charge in [-0.15, -0.1) is 0 Å². The number of carboxylic acids is 1. The molecule has 1 aliphatic rings. The van der Waals surface area contributed by atoms with Gasteiger partial charge in [-0.3, -0.25) is 5.43 Å². The summed E-state index contributed by atoms with van der Waals surface area (Å²) in [5.74, 6) is -0.792. The Morgan fingerprint density at radius 2 is 2.17 bits per heavy atom. The zero-order valence-corrected chi connectivity index (χ0v) is 13.1. The third-order valence-electron chi connectivity index (χ3n) is 4.11. The van der Waals surface area contributed by atoms with Crippen LogP contribution in [0.25, 0.3) is 0 Å². The van der Waals surface area contributed by atoms with Crippen molar-refractivity contribution in [1.82, 2.24) is 20.8 Å². The SMILES string of the molecule is CN(CC1CNNC1c1ccc(F)cc1)c1ncncc1C(=O)O. The maximum atomic E-state index is 13.1. The number of rotatable bonds is 5. The highest BCUT2D eigenvalue weighted by Crippen LogP contribution is 2.27. The van der Waals surface area contributed by atoms with Crippen LogP contribution in [0.3, 0.4) is 0 Å². The van der Waals surface area contributed by atoms with Gasteiger partial charge in [-0.05, 0) is 17.7 Å². The fraction of sp³-hybridized carbons (Fsp3) is 0.312. The topological polar surface area (TPSA) is 90.4 Å². The third-order valence-corrected chi connectivity index (χ3v) is 4.11. The van der Waals surface area contributed by atoms with Crippen LogP contribution in [0, 0.1) is 11.7 Å². The Labute approximate surface area is 138 Å². The fourth-order valence-corrected chi connectivity index (χ4v) is 2.95. The highest BCUT2D eigenvalue weighted by atomic mass is 19.1. The molecule has 0 aliphatic carbocycles. The molecule has 2 aromatic rings. The van der Waals surface area contributed by atoms with Gasteiger partial charge in [-0.1, -0.05) is 12.1 Å². The van der Waals surface area contributed by atoms with E-state index in [4.69, 9.17) is 0 Å². The number of aromatic nitrogens is 2. The first-order valence-corrected chi connectivity index (χ1v) is 7.54. The Kier molecular flexibility index (Phi) is 4.68. The largest absolute Gasteiger partial charge is 0.477 e. The van der Waals surface area contributed by atoms with E-state index in [1.165, 1.54) is 24.7 Å². The van der Waals surface area contributed by atoms with Gasteiger partial charge in [-0.25, -0.2) is 24.6 Å². The van der Waals surface area contributed by atoms with Crippen molar-refractivity contribution in [3.8, 4) is 0 Å². The summed E-state index contributed by atoms with van der Waals surface area (Å²) in [7, 11) is 1.80. The van der Waals surface area contributed by atoms with Gasteiger partial charge in [0, 0.05) is 32.3 Å². The van der Waals surface area contributed by atoms with Crippen molar-refractivity contribution in [2.45, 2.75) is 6.04 Å². The standard InChI is InChI=1S/C16H18FN5O2/c1-22(15-13(16(23)24)7-18-9-19-15)8-11-6-20-21-14(11)10-2-4-12(17)5-3-10/h2-5,7,9,11,14,20-21H,6,8H2,1H3,(H,23,24). The van der Waals surface area contributed by atoms with Gasteiger partial charge >= 0.3 is 5.97 Å². The van der Waals surface area contributed by atoms with Crippen LogP contribution in [0.4, 0.5) is 10.2 Å². The van der Waals surface area contributed by atoms with Crippen molar-refractivity contribution in [2.24, 2.45) is 5.92 Å². The zero-order chi connectivity index (χ0) is 17.1. The van der Waals surface area contributed by atoms with Crippen molar-refractivity contribution in [1.29, 1.82) is 0 Å². The summed E-state index contributed by atoms with van der Waals surface area (Å²) in [4.78, 5) is 21.0. The fourth-order valence-electron chi connectivity index (χ4n) is 2.95.